The van der Waals surface area contributed by atoms with Gasteiger partial charge >= 0.3 is 12.0 Å². The van der Waals surface area contributed by atoms with Crippen molar-refractivity contribution in [1.29, 1.82) is 0 Å². The highest BCUT2D eigenvalue weighted by Crippen LogP contribution is 2.07. The monoisotopic (exact) mass is 271 g/mol. The Bertz CT molecular complexity index is 296. The first-order chi connectivity index (χ1) is 9.08. The molecule has 0 aromatic rings. The van der Waals surface area contributed by atoms with Gasteiger partial charge in [-0.2, -0.15) is 0 Å². The maximum atomic E-state index is 12.3. The highest BCUT2D eigenvalue weighted by atomic mass is 16.4. The molecule has 6 nitrogen and oxygen atoms in total. The van der Waals surface area contributed by atoms with Gasteiger partial charge in [-0.3, -0.25) is 9.69 Å². The minimum absolute atomic E-state index is 0.0651. The number of nitrogens with zero attached hydrogens (tertiary/aromatic N) is 3. The molecule has 2 amide bonds. The van der Waals surface area contributed by atoms with Crippen molar-refractivity contribution in [2.45, 2.75) is 26.7 Å². The minimum Gasteiger partial charge on any atom is -0.480 e. The number of rotatable bonds is 6. The first kappa shape index (κ1) is 15.8. The van der Waals surface area contributed by atoms with E-state index in [1.54, 1.807) is 0 Å². The summed E-state index contributed by atoms with van der Waals surface area (Å²) in [6.45, 7) is 8.32. The molecular formula is C13H25N3O3. The van der Waals surface area contributed by atoms with E-state index in [1.807, 2.05) is 14.7 Å². The summed E-state index contributed by atoms with van der Waals surface area (Å²) in [5, 5.41) is 8.74. The van der Waals surface area contributed by atoms with E-state index in [2.05, 4.69) is 13.8 Å². The van der Waals surface area contributed by atoms with Gasteiger partial charge in [-0.15, -0.1) is 0 Å². The van der Waals surface area contributed by atoms with Crippen LogP contribution >= 0.6 is 0 Å². The fourth-order valence-electron chi connectivity index (χ4n) is 2.33. The lowest BCUT2D eigenvalue weighted by atomic mass is 10.3. The van der Waals surface area contributed by atoms with Crippen LogP contribution in [0.15, 0.2) is 0 Å². The lowest BCUT2D eigenvalue weighted by Gasteiger charge is -2.37. The molecule has 1 rings (SSSR count). The van der Waals surface area contributed by atoms with Crippen LogP contribution in [0.3, 0.4) is 0 Å². The highest BCUT2D eigenvalue weighted by Gasteiger charge is 2.25. The SMILES string of the molecule is CCCN(CCC)C(=O)N1CCN(CC(=O)O)CC1. The number of urea groups is 1. The summed E-state index contributed by atoms with van der Waals surface area (Å²) < 4.78 is 0. The van der Waals surface area contributed by atoms with E-state index in [1.165, 1.54) is 0 Å². The number of carboxylic acid groups (broad SMARTS) is 1. The van der Waals surface area contributed by atoms with E-state index in [4.69, 9.17) is 5.11 Å². The molecule has 1 aliphatic heterocycles. The molecule has 0 atom stereocenters. The zero-order valence-corrected chi connectivity index (χ0v) is 12.0. The third-order valence-corrected chi connectivity index (χ3v) is 3.26. The van der Waals surface area contributed by atoms with Crippen LogP contribution in [0.5, 0.6) is 0 Å². The van der Waals surface area contributed by atoms with E-state index in [-0.39, 0.29) is 12.6 Å². The fraction of sp³-hybridized carbons (Fsp3) is 0.846. The Balaban J connectivity index is 2.44. The molecule has 6 heteroatoms. The number of carboxylic acids is 1. The largest absolute Gasteiger partial charge is 0.480 e. The molecule has 0 saturated carbocycles. The van der Waals surface area contributed by atoms with Gasteiger partial charge in [0.15, 0.2) is 0 Å². The van der Waals surface area contributed by atoms with E-state index in [0.717, 1.165) is 25.9 Å². The Morgan fingerprint density at radius 3 is 2.00 bits per heavy atom. The number of hydrogen-bond donors (Lipinski definition) is 1. The van der Waals surface area contributed by atoms with Crippen LogP contribution in [0.2, 0.25) is 0 Å². The third kappa shape index (κ3) is 5.06. The molecular weight excluding hydrogens is 246 g/mol. The van der Waals surface area contributed by atoms with Gasteiger partial charge in [-0.1, -0.05) is 13.8 Å². The van der Waals surface area contributed by atoms with Crippen LogP contribution in [0.25, 0.3) is 0 Å². The summed E-state index contributed by atoms with van der Waals surface area (Å²) in [5.41, 5.74) is 0. The summed E-state index contributed by atoms with van der Waals surface area (Å²) in [4.78, 5) is 28.6. The lowest BCUT2D eigenvalue weighted by molar-refractivity contribution is -0.138. The van der Waals surface area contributed by atoms with Crippen LogP contribution < -0.4 is 0 Å². The number of aliphatic carboxylic acids is 1. The van der Waals surface area contributed by atoms with E-state index < -0.39 is 5.97 Å². The normalized spacial score (nSPS) is 16.4. The van der Waals surface area contributed by atoms with E-state index in [0.29, 0.717) is 26.2 Å². The standard InChI is InChI=1S/C13H25N3O3/c1-3-5-15(6-4-2)13(19)16-9-7-14(8-10-16)11-12(17)18/h3-11H2,1-2H3,(H,17,18). The maximum absolute atomic E-state index is 12.3. The van der Waals surface area contributed by atoms with Crippen LogP contribution in [-0.2, 0) is 4.79 Å². The van der Waals surface area contributed by atoms with Crippen molar-refractivity contribution in [1.82, 2.24) is 14.7 Å². The molecule has 0 radical (unpaired) electrons. The average molecular weight is 271 g/mol. The van der Waals surface area contributed by atoms with Gasteiger partial charge in [0.1, 0.15) is 0 Å². The average Bonchev–Trinajstić information content (AvgIpc) is 2.38. The molecule has 0 aliphatic carbocycles. The zero-order chi connectivity index (χ0) is 14.3. The molecule has 1 saturated heterocycles. The second kappa shape index (κ2) is 7.99. The van der Waals surface area contributed by atoms with Crippen LogP contribution in [-0.4, -0.2) is 77.6 Å². The Labute approximate surface area is 115 Å². The van der Waals surface area contributed by atoms with Crippen LogP contribution in [0.1, 0.15) is 26.7 Å². The molecule has 0 aromatic carbocycles. The summed E-state index contributed by atoms with van der Waals surface area (Å²) in [5.74, 6) is -0.807. The van der Waals surface area contributed by atoms with Crippen molar-refractivity contribution in [2.24, 2.45) is 0 Å². The third-order valence-electron chi connectivity index (χ3n) is 3.26. The van der Waals surface area contributed by atoms with E-state index in [9.17, 15) is 9.59 Å². The predicted molar refractivity (Wildman–Crippen MR) is 73.2 cm³/mol. The zero-order valence-electron chi connectivity index (χ0n) is 12.0. The van der Waals surface area contributed by atoms with Crippen molar-refractivity contribution in [3.63, 3.8) is 0 Å². The van der Waals surface area contributed by atoms with Gasteiger partial charge in [0, 0.05) is 39.3 Å². The topological polar surface area (TPSA) is 64.1 Å². The first-order valence-electron chi connectivity index (χ1n) is 7.06. The number of carbonyl (C=O) groups excluding carboxylic acids is 1. The first-order valence-corrected chi connectivity index (χ1v) is 7.06. The quantitative estimate of drug-likeness (QED) is 0.780. The second-order valence-corrected chi connectivity index (χ2v) is 4.93. The van der Waals surface area contributed by atoms with E-state index >= 15 is 0 Å². The molecule has 0 aromatic heterocycles. The van der Waals surface area contributed by atoms with Crippen molar-refractivity contribution in [3.8, 4) is 0 Å². The minimum atomic E-state index is -0.807. The Morgan fingerprint density at radius 1 is 1.05 bits per heavy atom. The summed E-state index contributed by atoms with van der Waals surface area (Å²) in [6.07, 6.45) is 1.93. The smallest absolute Gasteiger partial charge is 0.320 e. The number of hydrogen-bond acceptors (Lipinski definition) is 3. The number of piperazine rings is 1. The van der Waals surface area contributed by atoms with Crippen molar-refractivity contribution in [3.05, 3.63) is 0 Å². The van der Waals surface area contributed by atoms with Crippen LogP contribution in [0, 0.1) is 0 Å². The number of carbonyl (C=O) groups is 2. The van der Waals surface area contributed by atoms with Gasteiger partial charge in [0.2, 0.25) is 0 Å². The van der Waals surface area contributed by atoms with Gasteiger partial charge in [-0.05, 0) is 12.8 Å². The Hall–Kier alpha value is -1.30. The number of amides is 2. The van der Waals surface area contributed by atoms with Crippen LogP contribution in [0.4, 0.5) is 4.79 Å². The van der Waals surface area contributed by atoms with Gasteiger partial charge in [0.05, 0.1) is 6.54 Å². The second-order valence-electron chi connectivity index (χ2n) is 4.93. The molecule has 0 spiro atoms. The summed E-state index contributed by atoms with van der Waals surface area (Å²) >= 11 is 0. The fourth-order valence-corrected chi connectivity index (χ4v) is 2.33. The predicted octanol–water partition coefficient (Wildman–Crippen LogP) is 0.931. The molecule has 1 heterocycles. The Kier molecular flexibility index (Phi) is 6.62. The molecule has 1 N–H and O–H groups in total. The molecule has 1 aliphatic rings. The van der Waals surface area contributed by atoms with Crippen molar-refractivity contribution < 1.29 is 14.7 Å². The molecule has 0 unspecified atom stereocenters. The lowest BCUT2D eigenvalue weighted by Crippen LogP contribution is -2.53. The van der Waals surface area contributed by atoms with Crippen molar-refractivity contribution >= 4 is 12.0 Å². The maximum Gasteiger partial charge on any atom is 0.320 e. The highest BCUT2D eigenvalue weighted by molar-refractivity contribution is 5.74. The summed E-state index contributed by atoms with van der Waals surface area (Å²) in [6, 6.07) is 0.0960. The molecule has 110 valence electrons. The molecule has 1 fully saturated rings. The summed E-state index contributed by atoms with van der Waals surface area (Å²) in [7, 11) is 0. The molecule has 19 heavy (non-hydrogen) atoms. The van der Waals surface area contributed by atoms with Gasteiger partial charge in [0.25, 0.3) is 0 Å². The Morgan fingerprint density at radius 2 is 1.58 bits per heavy atom. The van der Waals surface area contributed by atoms with Gasteiger partial charge in [-0.25, -0.2) is 4.79 Å². The van der Waals surface area contributed by atoms with Gasteiger partial charge < -0.3 is 14.9 Å². The molecule has 0 bridgehead atoms. The van der Waals surface area contributed by atoms with Crippen molar-refractivity contribution in [2.75, 3.05) is 45.8 Å².